The molecule has 5 heteroatoms. The summed E-state index contributed by atoms with van der Waals surface area (Å²) in [4.78, 5) is 10.5. The second kappa shape index (κ2) is 5.86. The molecule has 1 aromatic carbocycles. The summed E-state index contributed by atoms with van der Waals surface area (Å²) in [6.45, 7) is 0.369. The van der Waals surface area contributed by atoms with Crippen molar-refractivity contribution in [3.63, 3.8) is 0 Å². The van der Waals surface area contributed by atoms with Crippen LogP contribution in [-0.4, -0.2) is 22.7 Å². The second-order valence-electron chi connectivity index (χ2n) is 3.58. The van der Waals surface area contributed by atoms with Gasteiger partial charge in [-0.1, -0.05) is 6.07 Å². The van der Waals surface area contributed by atoms with Crippen LogP contribution in [0.15, 0.2) is 22.7 Å². The predicted octanol–water partition coefficient (Wildman–Crippen LogP) is 2.06. The number of phenols is 1. The molecule has 1 atom stereocenters. The normalized spacial score (nSPS) is 12.4. The molecule has 4 N–H and O–H groups in total. The Morgan fingerprint density at radius 2 is 2.19 bits per heavy atom. The lowest BCUT2D eigenvalue weighted by molar-refractivity contribution is -0.137. The van der Waals surface area contributed by atoms with Gasteiger partial charge in [0.2, 0.25) is 0 Å². The van der Waals surface area contributed by atoms with E-state index in [1.165, 1.54) is 0 Å². The van der Waals surface area contributed by atoms with E-state index in [0.717, 1.165) is 5.56 Å². The molecule has 0 aliphatic carbocycles. The number of hydrogen-bond acceptors (Lipinski definition) is 3. The zero-order chi connectivity index (χ0) is 12.1. The number of hydrogen-bond donors (Lipinski definition) is 3. The molecule has 0 amide bonds. The van der Waals surface area contributed by atoms with E-state index in [0.29, 0.717) is 17.4 Å². The van der Waals surface area contributed by atoms with Gasteiger partial charge in [-0.3, -0.25) is 4.79 Å². The van der Waals surface area contributed by atoms with Gasteiger partial charge in [-0.15, -0.1) is 0 Å². The molecule has 1 unspecified atom stereocenters. The van der Waals surface area contributed by atoms with Crippen LogP contribution in [-0.2, 0) is 4.79 Å². The Kier molecular flexibility index (Phi) is 4.76. The molecule has 0 bridgehead atoms. The minimum absolute atomic E-state index is 0.0323. The number of carboxylic acid groups (broad SMARTS) is 1. The summed E-state index contributed by atoms with van der Waals surface area (Å²) in [5.74, 6) is -0.721. The molecule has 0 heterocycles. The Balaban J connectivity index is 2.78. The van der Waals surface area contributed by atoms with Gasteiger partial charge in [0, 0.05) is 6.42 Å². The molecule has 0 saturated carbocycles. The van der Waals surface area contributed by atoms with E-state index in [9.17, 15) is 9.90 Å². The van der Waals surface area contributed by atoms with E-state index in [1.54, 1.807) is 12.1 Å². The van der Waals surface area contributed by atoms with Crippen molar-refractivity contribution in [1.82, 2.24) is 0 Å². The van der Waals surface area contributed by atoms with Crippen LogP contribution < -0.4 is 5.73 Å². The summed E-state index contributed by atoms with van der Waals surface area (Å²) in [5, 5.41) is 18.1. The fourth-order valence-corrected chi connectivity index (χ4v) is 1.75. The Labute approximate surface area is 102 Å². The summed E-state index contributed by atoms with van der Waals surface area (Å²) < 4.78 is 0.616. The first-order valence-corrected chi connectivity index (χ1v) is 5.74. The number of benzene rings is 1. The smallest absolute Gasteiger partial charge is 0.303 e. The van der Waals surface area contributed by atoms with Gasteiger partial charge in [0.25, 0.3) is 0 Å². The molecule has 1 rings (SSSR count). The molecular formula is C11H14BrNO3. The lowest BCUT2D eigenvalue weighted by atomic mass is 9.94. The van der Waals surface area contributed by atoms with E-state index in [4.69, 9.17) is 10.8 Å². The van der Waals surface area contributed by atoms with Crippen LogP contribution in [0, 0.1) is 0 Å². The van der Waals surface area contributed by atoms with Crippen LogP contribution in [0.1, 0.15) is 24.3 Å². The number of aliphatic carboxylic acids is 1. The topological polar surface area (TPSA) is 83.6 Å². The zero-order valence-electron chi connectivity index (χ0n) is 8.69. The third kappa shape index (κ3) is 3.50. The Bertz CT molecular complexity index is 381. The van der Waals surface area contributed by atoms with E-state index in [1.807, 2.05) is 6.07 Å². The summed E-state index contributed by atoms with van der Waals surface area (Å²) in [6.07, 6.45) is 0.561. The summed E-state index contributed by atoms with van der Waals surface area (Å²) in [6, 6.07) is 5.18. The van der Waals surface area contributed by atoms with Gasteiger partial charge in [0.1, 0.15) is 5.75 Å². The van der Waals surface area contributed by atoms with Crippen LogP contribution in [0.2, 0.25) is 0 Å². The molecule has 0 aromatic heterocycles. The van der Waals surface area contributed by atoms with Gasteiger partial charge >= 0.3 is 5.97 Å². The van der Waals surface area contributed by atoms with Crippen LogP contribution >= 0.6 is 15.9 Å². The molecule has 0 spiro atoms. The lowest BCUT2D eigenvalue weighted by Gasteiger charge is -2.14. The maximum absolute atomic E-state index is 10.5. The van der Waals surface area contributed by atoms with Crippen molar-refractivity contribution in [2.75, 3.05) is 6.54 Å². The monoisotopic (exact) mass is 287 g/mol. The first-order valence-electron chi connectivity index (χ1n) is 4.95. The van der Waals surface area contributed by atoms with Crippen molar-refractivity contribution in [3.8, 4) is 5.75 Å². The van der Waals surface area contributed by atoms with Gasteiger partial charge in [0.05, 0.1) is 4.47 Å². The number of halogens is 1. The molecule has 4 nitrogen and oxygen atoms in total. The average molecular weight is 288 g/mol. The molecule has 0 radical (unpaired) electrons. The second-order valence-corrected chi connectivity index (χ2v) is 4.43. The van der Waals surface area contributed by atoms with Crippen molar-refractivity contribution < 1.29 is 15.0 Å². The number of carboxylic acids is 1. The Morgan fingerprint density at radius 1 is 1.50 bits per heavy atom. The first-order chi connectivity index (χ1) is 7.54. The molecular weight excluding hydrogens is 274 g/mol. The van der Waals surface area contributed by atoms with Gasteiger partial charge in [-0.25, -0.2) is 0 Å². The highest BCUT2D eigenvalue weighted by molar-refractivity contribution is 9.10. The SMILES string of the molecule is NCC(CCC(=O)O)c1ccc(Br)c(O)c1. The summed E-state index contributed by atoms with van der Waals surface area (Å²) in [5.41, 5.74) is 6.46. The highest BCUT2D eigenvalue weighted by Crippen LogP contribution is 2.29. The quantitative estimate of drug-likeness (QED) is 0.774. The predicted molar refractivity (Wildman–Crippen MR) is 64.5 cm³/mol. The van der Waals surface area contributed by atoms with E-state index in [2.05, 4.69) is 15.9 Å². The fraction of sp³-hybridized carbons (Fsp3) is 0.364. The Morgan fingerprint density at radius 3 is 2.69 bits per heavy atom. The van der Waals surface area contributed by atoms with Gasteiger partial charge in [-0.2, -0.15) is 0 Å². The van der Waals surface area contributed by atoms with Crippen molar-refractivity contribution >= 4 is 21.9 Å². The zero-order valence-corrected chi connectivity index (χ0v) is 10.3. The fourth-order valence-electron chi connectivity index (χ4n) is 1.50. The summed E-state index contributed by atoms with van der Waals surface area (Å²) >= 11 is 3.19. The van der Waals surface area contributed by atoms with E-state index >= 15 is 0 Å². The maximum atomic E-state index is 10.5. The number of phenolic OH excluding ortho intramolecular Hbond substituents is 1. The number of aromatic hydroxyl groups is 1. The average Bonchev–Trinajstić information content (AvgIpc) is 2.23. The van der Waals surface area contributed by atoms with E-state index in [-0.39, 0.29) is 18.1 Å². The number of carbonyl (C=O) groups is 1. The van der Waals surface area contributed by atoms with Gasteiger partial charge < -0.3 is 15.9 Å². The third-order valence-corrected chi connectivity index (χ3v) is 3.10. The molecule has 0 aliphatic heterocycles. The van der Waals surface area contributed by atoms with Crippen molar-refractivity contribution in [2.24, 2.45) is 5.73 Å². The number of rotatable bonds is 5. The number of nitrogens with two attached hydrogens (primary N) is 1. The van der Waals surface area contributed by atoms with Crippen LogP contribution in [0.3, 0.4) is 0 Å². The van der Waals surface area contributed by atoms with Crippen molar-refractivity contribution in [3.05, 3.63) is 28.2 Å². The summed E-state index contributed by atoms with van der Waals surface area (Å²) in [7, 11) is 0. The van der Waals surface area contributed by atoms with Crippen LogP contribution in [0.25, 0.3) is 0 Å². The van der Waals surface area contributed by atoms with Crippen LogP contribution in [0.4, 0.5) is 0 Å². The standard InChI is InChI=1S/C11H14BrNO3/c12-9-3-1-7(5-10(9)14)8(6-13)2-4-11(15)16/h1,3,5,8,14H,2,4,6,13H2,(H,15,16). The third-order valence-electron chi connectivity index (χ3n) is 2.43. The van der Waals surface area contributed by atoms with E-state index < -0.39 is 5.97 Å². The minimum atomic E-state index is -0.834. The highest BCUT2D eigenvalue weighted by Gasteiger charge is 2.13. The Hall–Kier alpha value is -1.07. The molecule has 1 aromatic rings. The minimum Gasteiger partial charge on any atom is -0.507 e. The van der Waals surface area contributed by atoms with Crippen LogP contribution in [0.5, 0.6) is 5.75 Å². The largest absolute Gasteiger partial charge is 0.507 e. The first kappa shape index (κ1) is 13.0. The highest BCUT2D eigenvalue weighted by atomic mass is 79.9. The molecule has 16 heavy (non-hydrogen) atoms. The van der Waals surface area contributed by atoms with Crippen molar-refractivity contribution in [1.29, 1.82) is 0 Å². The molecule has 0 fully saturated rings. The van der Waals surface area contributed by atoms with Gasteiger partial charge in [-0.05, 0) is 52.5 Å². The lowest BCUT2D eigenvalue weighted by Crippen LogP contribution is -2.14. The maximum Gasteiger partial charge on any atom is 0.303 e. The van der Waals surface area contributed by atoms with Gasteiger partial charge in [0.15, 0.2) is 0 Å². The molecule has 0 aliphatic rings. The molecule has 0 saturated heterocycles. The molecule has 88 valence electrons. The van der Waals surface area contributed by atoms with Crippen molar-refractivity contribution in [2.45, 2.75) is 18.8 Å².